The van der Waals surface area contributed by atoms with Gasteiger partial charge in [0.2, 0.25) is 0 Å². The fourth-order valence-electron chi connectivity index (χ4n) is 3.50. The molecular weight excluding hydrogens is 316 g/mol. The number of likely N-dealkylation sites (tertiary alicyclic amines) is 1. The minimum atomic E-state index is -0.132. The topological polar surface area (TPSA) is 62.6 Å². The number of amides is 2. The number of piperidine rings is 1. The van der Waals surface area contributed by atoms with Crippen molar-refractivity contribution in [3.05, 3.63) is 59.5 Å². The van der Waals surface area contributed by atoms with Crippen LogP contribution in [-0.2, 0) is 0 Å². The van der Waals surface area contributed by atoms with E-state index in [1.54, 1.807) is 30.5 Å². The van der Waals surface area contributed by atoms with Crippen LogP contribution in [0.4, 0.5) is 0 Å². The van der Waals surface area contributed by atoms with Gasteiger partial charge in [-0.05, 0) is 56.0 Å². The molecule has 2 amide bonds. The fourth-order valence-corrected chi connectivity index (χ4v) is 3.50. The van der Waals surface area contributed by atoms with Crippen molar-refractivity contribution in [1.82, 2.24) is 10.2 Å². The van der Waals surface area contributed by atoms with Gasteiger partial charge in [0.25, 0.3) is 11.8 Å². The van der Waals surface area contributed by atoms with E-state index in [4.69, 9.17) is 4.42 Å². The first kappa shape index (κ1) is 15.9. The van der Waals surface area contributed by atoms with Gasteiger partial charge in [-0.3, -0.25) is 9.59 Å². The zero-order valence-corrected chi connectivity index (χ0v) is 14.1. The van der Waals surface area contributed by atoms with Gasteiger partial charge in [-0.15, -0.1) is 0 Å². The van der Waals surface area contributed by atoms with Crippen LogP contribution in [0.2, 0.25) is 0 Å². The molecule has 2 heterocycles. The fraction of sp³-hybridized carbons (Fsp3) is 0.400. The highest BCUT2D eigenvalue weighted by molar-refractivity contribution is 5.99. The van der Waals surface area contributed by atoms with Gasteiger partial charge in [-0.1, -0.05) is 6.07 Å². The maximum absolute atomic E-state index is 12.6. The molecular formula is C20H22N2O3. The quantitative estimate of drug-likeness (QED) is 0.931. The Morgan fingerprint density at radius 1 is 1.04 bits per heavy atom. The molecule has 2 aromatic rings. The molecule has 5 heteroatoms. The summed E-state index contributed by atoms with van der Waals surface area (Å²) in [5.74, 6) is 1.07. The number of carbonyl (C=O) groups excluding carboxylic acids is 2. The second-order valence-electron chi connectivity index (χ2n) is 6.87. The Hall–Kier alpha value is -2.56. The Balaban J connectivity index is 1.41. The maximum atomic E-state index is 12.6. The Kier molecular flexibility index (Phi) is 4.30. The molecule has 1 aromatic carbocycles. The zero-order chi connectivity index (χ0) is 17.2. The van der Waals surface area contributed by atoms with E-state index in [0.29, 0.717) is 11.1 Å². The van der Waals surface area contributed by atoms with E-state index < -0.39 is 0 Å². The summed E-state index contributed by atoms with van der Waals surface area (Å²) in [5.41, 5.74) is 1.13. The van der Waals surface area contributed by atoms with Crippen LogP contribution in [0.15, 0.2) is 47.1 Å². The second-order valence-corrected chi connectivity index (χ2v) is 6.87. The Bertz CT molecular complexity index is 763. The highest BCUT2D eigenvalue weighted by Gasteiger charge is 2.41. The molecule has 2 fully saturated rings. The first-order valence-corrected chi connectivity index (χ1v) is 8.96. The number of benzene rings is 1. The molecule has 1 aliphatic carbocycles. The highest BCUT2D eigenvalue weighted by Crippen LogP contribution is 2.41. The lowest BCUT2D eigenvalue weighted by atomic mass is 10.1. The summed E-state index contributed by atoms with van der Waals surface area (Å²) in [4.78, 5) is 27.0. The largest absolute Gasteiger partial charge is 0.469 e. The third kappa shape index (κ3) is 3.45. The average Bonchev–Trinajstić information content (AvgIpc) is 3.20. The van der Waals surface area contributed by atoms with Crippen molar-refractivity contribution in [3.63, 3.8) is 0 Å². The summed E-state index contributed by atoms with van der Waals surface area (Å²) in [6.07, 6.45) is 5.85. The van der Waals surface area contributed by atoms with E-state index in [2.05, 4.69) is 5.32 Å². The molecule has 25 heavy (non-hydrogen) atoms. The van der Waals surface area contributed by atoms with Crippen molar-refractivity contribution in [2.75, 3.05) is 13.1 Å². The van der Waals surface area contributed by atoms with Crippen LogP contribution in [0.3, 0.4) is 0 Å². The molecule has 1 aliphatic heterocycles. The summed E-state index contributed by atoms with van der Waals surface area (Å²) in [6, 6.07) is 10.9. The summed E-state index contributed by atoms with van der Waals surface area (Å²) in [6.45, 7) is 1.62. The molecule has 2 atom stereocenters. The minimum Gasteiger partial charge on any atom is -0.469 e. The van der Waals surface area contributed by atoms with Gasteiger partial charge in [-0.25, -0.2) is 0 Å². The van der Waals surface area contributed by atoms with Crippen LogP contribution in [-0.4, -0.2) is 35.8 Å². The van der Waals surface area contributed by atoms with E-state index >= 15 is 0 Å². The van der Waals surface area contributed by atoms with Gasteiger partial charge >= 0.3 is 0 Å². The second kappa shape index (κ2) is 6.75. The third-order valence-corrected chi connectivity index (χ3v) is 5.03. The lowest BCUT2D eigenvalue weighted by Crippen LogP contribution is -2.35. The van der Waals surface area contributed by atoms with E-state index in [1.165, 1.54) is 6.42 Å². The van der Waals surface area contributed by atoms with Crippen molar-refractivity contribution < 1.29 is 14.0 Å². The summed E-state index contributed by atoms with van der Waals surface area (Å²) in [7, 11) is 0. The molecule has 1 N–H and O–H groups in total. The molecule has 1 saturated heterocycles. The Labute approximate surface area is 147 Å². The molecule has 130 valence electrons. The van der Waals surface area contributed by atoms with Crippen LogP contribution in [0.5, 0.6) is 0 Å². The predicted octanol–water partition coefficient (Wildman–Crippen LogP) is 3.19. The van der Waals surface area contributed by atoms with Crippen LogP contribution < -0.4 is 5.32 Å². The number of nitrogens with one attached hydrogen (secondary N) is 1. The van der Waals surface area contributed by atoms with Gasteiger partial charge in [0.05, 0.1) is 6.26 Å². The third-order valence-electron chi connectivity index (χ3n) is 5.03. The molecule has 0 spiro atoms. The molecule has 0 bridgehead atoms. The summed E-state index contributed by atoms with van der Waals surface area (Å²) >= 11 is 0. The maximum Gasteiger partial charge on any atom is 0.253 e. The van der Waals surface area contributed by atoms with Crippen molar-refractivity contribution in [2.24, 2.45) is 0 Å². The van der Waals surface area contributed by atoms with Crippen molar-refractivity contribution in [2.45, 2.75) is 37.6 Å². The van der Waals surface area contributed by atoms with E-state index in [1.807, 2.05) is 17.0 Å². The zero-order valence-electron chi connectivity index (χ0n) is 14.1. The first-order valence-electron chi connectivity index (χ1n) is 8.96. The molecule has 1 aromatic heterocycles. The van der Waals surface area contributed by atoms with Gasteiger partial charge in [0, 0.05) is 36.2 Å². The van der Waals surface area contributed by atoms with Crippen molar-refractivity contribution in [1.29, 1.82) is 0 Å². The lowest BCUT2D eigenvalue weighted by molar-refractivity contribution is 0.0724. The molecule has 1 saturated carbocycles. The van der Waals surface area contributed by atoms with E-state index in [9.17, 15) is 9.59 Å². The normalized spacial score (nSPS) is 22.5. The average molecular weight is 338 g/mol. The highest BCUT2D eigenvalue weighted by atomic mass is 16.3. The first-order chi connectivity index (χ1) is 12.2. The number of nitrogens with zero attached hydrogens (tertiary/aromatic N) is 1. The minimum absolute atomic E-state index is 0.0224. The number of carbonyl (C=O) groups is 2. The van der Waals surface area contributed by atoms with Gasteiger partial charge in [0.15, 0.2) is 0 Å². The van der Waals surface area contributed by atoms with E-state index in [0.717, 1.165) is 38.1 Å². The van der Waals surface area contributed by atoms with Crippen molar-refractivity contribution >= 4 is 11.8 Å². The van der Waals surface area contributed by atoms with Crippen LogP contribution in [0.25, 0.3) is 0 Å². The number of hydrogen-bond acceptors (Lipinski definition) is 3. The summed E-state index contributed by atoms with van der Waals surface area (Å²) in [5, 5.41) is 3.03. The number of hydrogen-bond donors (Lipinski definition) is 1. The lowest BCUT2D eigenvalue weighted by Gasteiger charge is -2.26. The van der Waals surface area contributed by atoms with Crippen LogP contribution in [0, 0.1) is 0 Å². The molecule has 2 aliphatic rings. The number of furan rings is 1. The predicted molar refractivity (Wildman–Crippen MR) is 93.5 cm³/mol. The SMILES string of the molecule is O=C(N[C@@H]1C[C@H]1c1ccco1)c1cccc(C(=O)N2CCCCC2)c1. The molecule has 0 unspecified atom stereocenters. The molecule has 5 nitrogen and oxygen atoms in total. The molecule has 4 rings (SSSR count). The summed E-state index contributed by atoms with van der Waals surface area (Å²) < 4.78 is 5.39. The molecule has 0 radical (unpaired) electrons. The number of rotatable bonds is 4. The van der Waals surface area contributed by atoms with Crippen molar-refractivity contribution in [3.8, 4) is 0 Å². The van der Waals surface area contributed by atoms with Crippen LogP contribution in [0.1, 0.15) is 58.1 Å². The van der Waals surface area contributed by atoms with Gasteiger partial charge < -0.3 is 14.6 Å². The van der Waals surface area contributed by atoms with Gasteiger partial charge in [-0.2, -0.15) is 0 Å². The standard InChI is InChI=1S/C20H22N2O3/c23-19(21-17-13-16(17)18-8-5-11-25-18)14-6-4-7-15(12-14)20(24)22-9-2-1-3-10-22/h4-8,11-12,16-17H,1-3,9-10,13H2,(H,21,23)/t16-,17-/m1/s1. The Morgan fingerprint density at radius 3 is 2.60 bits per heavy atom. The van der Waals surface area contributed by atoms with E-state index in [-0.39, 0.29) is 23.8 Å². The van der Waals surface area contributed by atoms with Crippen LogP contribution >= 0.6 is 0 Å². The smallest absolute Gasteiger partial charge is 0.253 e. The Morgan fingerprint density at radius 2 is 1.84 bits per heavy atom. The van der Waals surface area contributed by atoms with Gasteiger partial charge in [0.1, 0.15) is 5.76 Å². The monoisotopic (exact) mass is 338 g/mol.